The first-order valence-corrected chi connectivity index (χ1v) is 8.20. The standard InChI is InChI=1S/C16H23BrN2O2/c1-11-3-4-15(14(17)9-11)21-8-6-16(20)19-7-5-13(18)10-12(19)2/h3-4,9,12-13H,5-8,10,18H2,1-2H3/t12-,13+/m0/s1. The Morgan fingerprint density at radius 1 is 1.52 bits per heavy atom. The van der Waals surface area contributed by atoms with E-state index < -0.39 is 0 Å². The normalized spacial score (nSPS) is 22.2. The molecular formula is C16H23BrN2O2. The average molecular weight is 355 g/mol. The van der Waals surface area contributed by atoms with Gasteiger partial charge in [0.2, 0.25) is 5.91 Å². The fourth-order valence-corrected chi connectivity index (χ4v) is 3.30. The number of likely N-dealkylation sites (tertiary alicyclic amines) is 1. The van der Waals surface area contributed by atoms with Crippen LogP contribution >= 0.6 is 15.9 Å². The third kappa shape index (κ3) is 4.45. The molecule has 4 nitrogen and oxygen atoms in total. The molecule has 0 bridgehead atoms. The van der Waals surface area contributed by atoms with Gasteiger partial charge in [-0.3, -0.25) is 4.79 Å². The van der Waals surface area contributed by atoms with E-state index in [9.17, 15) is 4.79 Å². The molecule has 21 heavy (non-hydrogen) atoms. The molecule has 1 heterocycles. The van der Waals surface area contributed by atoms with Crippen LogP contribution in [0, 0.1) is 6.92 Å². The molecule has 1 saturated heterocycles. The van der Waals surface area contributed by atoms with Crippen molar-refractivity contribution in [3.8, 4) is 5.75 Å². The number of nitrogens with zero attached hydrogens (tertiary/aromatic N) is 1. The third-order valence-corrected chi connectivity index (χ3v) is 4.52. The molecule has 0 spiro atoms. The van der Waals surface area contributed by atoms with Crippen molar-refractivity contribution < 1.29 is 9.53 Å². The molecule has 1 aliphatic rings. The molecule has 1 aromatic rings. The molecule has 0 radical (unpaired) electrons. The fraction of sp³-hybridized carbons (Fsp3) is 0.562. The summed E-state index contributed by atoms with van der Waals surface area (Å²) in [6, 6.07) is 6.38. The molecule has 1 amide bonds. The number of halogens is 1. The molecule has 116 valence electrons. The molecule has 0 saturated carbocycles. The summed E-state index contributed by atoms with van der Waals surface area (Å²) in [6.07, 6.45) is 2.18. The van der Waals surface area contributed by atoms with E-state index in [2.05, 4.69) is 22.9 Å². The van der Waals surface area contributed by atoms with Gasteiger partial charge in [0.15, 0.2) is 0 Å². The zero-order valence-electron chi connectivity index (χ0n) is 12.6. The van der Waals surface area contributed by atoms with Crippen molar-refractivity contribution in [3.63, 3.8) is 0 Å². The number of benzene rings is 1. The highest BCUT2D eigenvalue weighted by Crippen LogP contribution is 2.26. The van der Waals surface area contributed by atoms with E-state index in [1.807, 2.05) is 30.0 Å². The molecule has 5 heteroatoms. The van der Waals surface area contributed by atoms with Gasteiger partial charge in [0, 0.05) is 18.6 Å². The summed E-state index contributed by atoms with van der Waals surface area (Å²) in [7, 11) is 0. The van der Waals surface area contributed by atoms with Gasteiger partial charge in [-0.1, -0.05) is 6.07 Å². The summed E-state index contributed by atoms with van der Waals surface area (Å²) in [6.45, 7) is 5.25. The fourth-order valence-electron chi connectivity index (χ4n) is 2.69. The van der Waals surface area contributed by atoms with Crippen LogP contribution in [0.4, 0.5) is 0 Å². The van der Waals surface area contributed by atoms with Crippen molar-refractivity contribution in [2.45, 2.75) is 45.2 Å². The van der Waals surface area contributed by atoms with Gasteiger partial charge < -0.3 is 15.4 Å². The van der Waals surface area contributed by atoms with Crippen LogP contribution in [0.3, 0.4) is 0 Å². The van der Waals surface area contributed by atoms with Crippen LogP contribution in [-0.2, 0) is 4.79 Å². The highest BCUT2D eigenvalue weighted by molar-refractivity contribution is 9.10. The van der Waals surface area contributed by atoms with Crippen LogP contribution in [0.15, 0.2) is 22.7 Å². The van der Waals surface area contributed by atoms with Crippen LogP contribution in [0.25, 0.3) is 0 Å². The van der Waals surface area contributed by atoms with Crippen molar-refractivity contribution in [1.29, 1.82) is 0 Å². The largest absolute Gasteiger partial charge is 0.492 e. The number of amides is 1. The van der Waals surface area contributed by atoms with Crippen LogP contribution in [0.1, 0.15) is 31.7 Å². The van der Waals surface area contributed by atoms with Crippen molar-refractivity contribution in [3.05, 3.63) is 28.2 Å². The summed E-state index contributed by atoms with van der Waals surface area (Å²) >= 11 is 3.47. The van der Waals surface area contributed by atoms with Gasteiger partial charge in [-0.15, -0.1) is 0 Å². The van der Waals surface area contributed by atoms with E-state index in [1.165, 1.54) is 5.56 Å². The highest BCUT2D eigenvalue weighted by atomic mass is 79.9. The first kappa shape index (κ1) is 16.3. The summed E-state index contributed by atoms with van der Waals surface area (Å²) in [5.41, 5.74) is 7.09. The predicted molar refractivity (Wildman–Crippen MR) is 87.4 cm³/mol. The number of rotatable bonds is 4. The number of carbonyl (C=O) groups excluding carboxylic acids is 1. The zero-order chi connectivity index (χ0) is 15.4. The third-order valence-electron chi connectivity index (χ3n) is 3.90. The van der Waals surface area contributed by atoms with Gasteiger partial charge in [0.25, 0.3) is 0 Å². The lowest BCUT2D eigenvalue weighted by Gasteiger charge is -2.36. The molecule has 2 rings (SSSR count). The molecule has 2 N–H and O–H groups in total. The van der Waals surface area contributed by atoms with Crippen molar-refractivity contribution >= 4 is 21.8 Å². The van der Waals surface area contributed by atoms with Crippen molar-refractivity contribution in [2.75, 3.05) is 13.2 Å². The Hall–Kier alpha value is -1.07. The number of ether oxygens (including phenoxy) is 1. The Morgan fingerprint density at radius 3 is 2.95 bits per heavy atom. The molecule has 0 unspecified atom stereocenters. The number of aryl methyl sites for hydroxylation is 1. The minimum Gasteiger partial charge on any atom is -0.492 e. The molecule has 2 atom stereocenters. The summed E-state index contributed by atoms with van der Waals surface area (Å²) in [5, 5.41) is 0. The van der Waals surface area contributed by atoms with E-state index in [0.717, 1.165) is 29.6 Å². The first-order valence-electron chi connectivity index (χ1n) is 7.41. The van der Waals surface area contributed by atoms with Crippen LogP contribution < -0.4 is 10.5 Å². The number of nitrogens with two attached hydrogens (primary N) is 1. The Morgan fingerprint density at radius 2 is 2.29 bits per heavy atom. The Labute approximate surface area is 134 Å². The second kappa shape index (κ2) is 7.27. The molecular weight excluding hydrogens is 332 g/mol. The molecule has 0 aromatic heterocycles. The number of hydrogen-bond acceptors (Lipinski definition) is 3. The van der Waals surface area contributed by atoms with E-state index in [4.69, 9.17) is 10.5 Å². The monoisotopic (exact) mass is 354 g/mol. The number of hydrogen-bond donors (Lipinski definition) is 1. The van der Waals surface area contributed by atoms with E-state index in [0.29, 0.717) is 13.0 Å². The van der Waals surface area contributed by atoms with E-state index in [-0.39, 0.29) is 18.0 Å². The summed E-state index contributed by atoms with van der Waals surface area (Å²) in [5.74, 6) is 0.930. The summed E-state index contributed by atoms with van der Waals surface area (Å²) < 4.78 is 6.61. The number of piperidine rings is 1. The van der Waals surface area contributed by atoms with Crippen LogP contribution in [0.2, 0.25) is 0 Å². The summed E-state index contributed by atoms with van der Waals surface area (Å²) in [4.78, 5) is 14.2. The second-order valence-corrected chi connectivity index (χ2v) is 6.61. The number of carbonyl (C=O) groups is 1. The molecule has 1 aliphatic heterocycles. The maximum atomic E-state index is 12.2. The second-order valence-electron chi connectivity index (χ2n) is 5.75. The van der Waals surface area contributed by atoms with Crippen LogP contribution in [0.5, 0.6) is 5.75 Å². The van der Waals surface area contributed by atoms with Gasteiger partial charge in [-0.2, -0.15) is 0 Å². The minimum atomic E-state index is 0.151. The Balaban J connectivity index is 1.81. The van der Waals surface area contributed by atoms with E-state index >= 15 is 0 Å². The van der Waals surface area contributed by atoms with Gasteiger partial charge in [0.1, 0.15) is 5.75 Å². The zero-order valence-corrected chi connectivity index (χ0v) is 14.2. The predicted octanol–water partition coefficient (Wildman–Crippen LogP) is 2.86. The lowest BCUT2D eigenvalue weighted by molar-refractivity contribution is -0.135. The maximum Gasteiger partial charge on any atom is 0.226 e. The molecule has 0 aliphatic carbocycles. The maximum absolute atomic E-state index is 12.2. The lowest BCUT2D eigenvalue weighted by Crippen LogP contribution is -2.48. The molecule has 1 fully saturated rings. The van der Waals surface area contributed by atoms with Crippen molar-refractivity contribution in [2.24, 2.45) is 5.73 Å². The van der Waals surface area contributed by atoms with Crippen LogP contribution in [-0.4, -0.2) is 36.0 Å². The highest BCUT2D eigenvalue weighted by Gasteiger charge is 2.26. The van der Waals surface area contributed by atoms with Gasteiger partial charge in [0.05, 0.1) is 17.5 Å². The Bertz CT molecular complexity index is 507. The van der Waals surface area contributed by atoms with Crippen molar-refractivity contribution in [1.82, 2.24) is 4.90 Å². The topological polar surface area (TPSA) is 55.6 Å². The van der Waals surface area contributed by atoms with Gasteiger partial charge in [-0.05, 0) is 60.3 Å². The Kier molecular flexibility index (Phi) is 5.65. The van der Waals surface area contributed by atoms with Gasteiger partial charge >= 0.3 is 0 Å². The molecule has 1 aromatic carbocycles. The minimum absolute atomic E-state index is 0.151. The lowest BCUT2D eigenvalue weighted by atomic mass is 9.99. The average Bonchev–Trinajstić information content (AvgIpc) is 2.41. The first-order chi connectivity index (χ1) is 9.97. The van der Waals surface area contributed by atoms with Gasteiger partial charge in [-0.25, -0.2) is 0 Å². The smallest absolute Gasteiger partial charge is 0.226 e. The SMILES string of the molecule is Cc1ccc(OCCC(=O)N2CC[C@@H](N)C[C@@H]2C)c(Br)c1. The quantitative estimate of drug-likeness (QED) is 0.904. The van der Waals surface area contributed by atoms with E-state index in [1.54, 1.807) is 0 Å².